The van der Waals surface area contributed by atoms with E-state index in [0.717, 1.165) is 30.8 Å². The molecule has 98 valence electrons. The molecule has 1 amide bonds. The van der Waals surface area contributed by atoms with E-state index in [1.807, 2.05) is 31.2 Å². The van der Waals surface area contributed by atoms with Crippen molar-refractivity contribution >= 4 is 5.91 Å². The quantitative estimate of drug-likeness (QED) is 0.843. The molecule has 2 unspecified atom stereocenters. The Hall–Kier alpha value is -1.55. The number of carbonyl (C=O) groups is 1. The zero-order valence-corrected chi connectivity index (χ0v) is 10.9. The Labute approximate surface area is 108 Å². The second kappa shape index (κ2) is 5.87. The largest absolute Gasteiger partial charge is 0.481 e. The van der Waals surface area contributed by atoms with Crippen LogP contribution in [0.25, 0.3) is 0 Å². The number of hydrogen-bond acceptors (Lipinski definition) is 3. The van der Waals surface area contributed by atoms with Crippen molar-refractivity contribution < 1.29 is 9.53 Å². The average molecular weight is 248 g/mol. The van der Waals surface area contributed by atoms with E-state index in [1.165, 1.54) is 0 Å². The highest BCUT2D eigenvalue weighted by molar-refractivity contribution is 5.81. The Bertz CT molecular complexity index is 414. The molecule has 1 aliphatic heterocycles. The molecule has 0 aliphatic carbocycles. The fourth-order valence-corrected chi connectivity index (χ4v) is 2.04. The van der Waals surface area contributed by atoms with Gasteiger partial charge in [-0.3, -0.25) is 4.79 Å². The highest BCUT2D eigenvalue weighted by Gasteiger charge is 2.21. The van der Waals surface area contributed by atoms with Gasteiger partial charge in [0.15, 0.2) is 6.10 Å². The first-order valence-electron chi connectivity index (χ1n) is 6.39. The maximum absolute atomic E-state index is 11.9. The van der Waals surface area contributed by atoms with Crippen molar-refractivity contribution in [3.8, 4) is 5.75 Å². The van der Waals surface area contributed by atoms with E-state index in [-0.39, 0.29) is 11.9 Å². The summed E-state index contributed by atoms with van der Waals surface area (Å²) < 4.78 is 5.63. The summed E-state index contributed by atoms with van der Waals surface area (Å²) in [6, 6.07) is 7.97. The van der Waals surface area contributed by atoms with E-state index in [9.17, 15) is 4.79 Å². The molecule has 4 nitrogen and oxygen atoms in total. The monoisotopic (exact) mass is 248 g/mol. The van der Waals surface area contributed by atoms with Crippen molar-refractivity contribution in [2.75, 3.05) is 13.1 Å². The number of aryl methyl sites for hydroxylation is 1. The lowest BCUT2D eigenvalue weighted by molar-refractivity contribution is -0.127. The Morgan fingerprint density at radius 3 is 3.06 bits per heavy atom. The third-order valence-corrected chi connectivity index (χ3v) is 3.08. The number of benzene rings is 1. The minimum atomic E-state index is -0.465. The van der Waals surface area contributed by atoms with Gasteiger partial charge in [0.25, 0.3) is 5.91 Å². The number of hydrogen-bond donors (Lipinski definition) is 2. The third-order valence-electron chi connectivity index (χ3n) is 3.08. The van der Waals surface area contributed by atoms with Crippen LogP contribution < -0.4 is 15.4 Å². The molecule has 1 aliphatic rings. The normalized spacial score (nSPS) is 20.4. The molecule has 0 aromatic heterocycles. The maximum Gasteiger partial charge on any atom is 0.261 e. The number of rotatable bonds is 4. The molecule has 18 heavy (non-hydrogen) atoms. The van der Waals surface area contributed by atoms with Crippen LogP contribution >= 0.6 is 0 Å². The van der Waals surface area contributed by atoms with E-state index in [2.05, 4.69) is 10.6 Å². The molecular formula is C14H20N2O2. The van der Waals surface area contributed by atoms with Gasteiger partial charge < -0.3 is 15.4 Å². The fourth-order valence-electron chi connectivity index (χ4n) is 2.04. The van der Waals surface area contributed by atoms with E-state index in [4.69, 9.17) is 4.74 Å². The van der Waals surface area contributed by atoms with Gasteiger partial charge in [-0.25, -0.2) is 0 Å². The van der Waals surface area contributed by atoms with E-state index in [1.54, 1.807) is 6.92 Å². The van der Waals surface area contributed by atoms with Crippen LogP contribution in [-0.2, 0) is 4.79 Å². The number of amides is 1. The minimum absolute atomic E-state index is 0.0507. The van der Waals surface area contributed by atoms with Gasteiger partial charge >= 0.3 is 0 Å². The van der Waals surface area contributed by atoms with Crippen LogP contribution in [-0.4, -0.2) is 31.1 Å². The van der Waals surface area contributed by atoms with Crippen LogP contribution in [0.2, 0.25) is 0 Å². The Morgan fingerprint density at radius 2 is 2.39 bits per heavy atom. The Balaban J connectivity index is 1.86. The fraction of sp³-hybridized carbons (Fsp3) is 0.500. The van der Waals surface area contributed by atoms with Crippen LogP contribution in [0.4, 0.5) is 0 Å². The summed E-state index contributed by atoms with van der Waals surface area (Å²) in [6.45, 7) is 5.60. The number of carbonyl (C=O) groups excluding carboxylic acids is 1. The molecule has 1 fully saturated rings. The molecule has 4 heteroatoms. The molecule has 1 heterocycles. The summed E-state index contributed by atoms with van der Waals surface area (Å²) in [6.07, 6.45) is 0.524. The summed E-state index contributed by atoms with van der Waals surface area (Å²) in [5, 5.41) is 6.21. The smallest absolute Gasteiger partial charge is 0.261 e. The van der Waals surface area contributed by atoms with Gasteiger partial charge in [-0.05, 0) is 44.5 Å². The molecular weight excluding hydrogens is 228 g/mol. The topological polar surface area (TPSA) is 50.4 Å². The van der Waals surface area contributed by atoms with Gasteiger partial charge in [-0.1, -0.05) is 12.1 Å². The molecule has 1 aromatic rings. The van der Waals surface area contributed by atoms with E-state index < -0.39 is 6.10 Å². The number of ether oxygens (including phenoxy) is 1. The zero-order chi connectivity index (χ0) is 13.0. The van der Waals surface area contributed by atoms with Crippen LogP contribution in [0.15, 0.2) is 24.3 Å². The van der Waals surface area contributed by atoms with Crippen molar-refractivity contribution in [3.05, 3.63) is 29.8 Å². The van der Waals surface area contributed by atoms with Crippen LogP contribution in [0.3, 0.4) is 0 Å². The summed E-state index contributed by atoms with van der Waals surface area (Å²) in [7, 11) is 0. The third kappa shape index (κ3) is 3.47. The molecule has 0 bridgehead atoms. The lowest BCUT2D eigenvalue weighted by Gasteiger charge is -2.17. The lowest BCUT2D eigenvalue weighted by Crippen LogP contribution is -2.43. The molecule has 0 spiro atoms. The first-order chi connectivity index (χ1) is 8.65. The zero-order valence-electron chi connectivity index (χ0n) is 10.9. The molecule has 1 aromatic carbocycles. The molecule has 1 saturated heterocycles. The van der Waals surface area contributed by atoms with Crippen molar-refractivity contribution in [1.29, 1.82) is 0 Å². The van der Waals surface area contributed by atoms with E-state index in [0.29, 0.717) is 0 Å². The Morgan fingerprint density at radius 1 is 1.56 bits per heavy atom. The summed E-state index contributed by atoms with van der Waals surface area (Å²) in [4.78, 5) is 11.9. The van der Waals surface area contributed by atoms with Crippen molar-refractivity contribution in [2.24, 2.45) is 0 Å². The van der Waals surface area contributed by atoms with Gasteiger partial charge in [0.1, 0.15) is 5.75 Å². The standard InChI is InChI=1S/C14H20N2O2/c1-10-4-3-5-13(8-10)18-11(2)14(17)16-12-6-7-15-9-12/h3-5,8,11-12,15H,6-7,9H2,1-2H3,(H,16,17). The van der Waals surface area contributed by atoms with Crippen LogP contribution in [0.1, 0.15) is 18.9 Å². The summed E-state index contributed by atoms with van der Waals surface area (Å²) >= 11 is 0. The summed E-state index contributed by atoms with van der Waals surface area (Å²) in [5.74, 6) is 0.687. The van der Waals surface area contributed by atoms with E-state index >= 15 is 0 Å². The van der Waals surface area contributed by atoms with Gasteiger partial charge in [-0.15, -0.1) is 0 Å². The molecule has 2 rings (SSSR count). The first kappa shape index (κ1) is 12.9. The van der Waals surface area contributed by atoms with Crippen molar-refractivity contribution in [1.82, 2.24) is 10.6 Å². The van der Waals surface area contributed by atoms with Gasteiger partial charge in [-0.2, -0.15) is 0 Å². The predicted octanol–water partition coefficient (Wildman–Crippen LogP) is 1.24. The maximum atomic E-state index is 11.9. The molecule has 0 radical (unpaired) electrons. The van der Waals surface area contributed by atoms with Crippen molar-refractivity contribution in [2.45, 2.75) is 32.4 Å². The van der Waals surface area contributed by atoms with Gasteiger partial charge in [0, 0.05) is 12.6 Å². The molecule has 0 saturated carbocycles. The average Bonchev–Trinajstić information content (AvgIpc) is 2.81. The van der Waals surface area contributed by atoms with Crippen LogP contribution in [0, 0.1) is 6.92 Å². The number of nitrogens with one attached hydrogen (secondary N) is 2. The first-order valence-corrected chi connectivity index (χ1v) is 6.39. The second-order valence-electron chi connectivity index (χ2n) is 4.77. The van der Waals surface area contributed by atoms with Crippen LogP contribution in [0.5, 0.6) is 5.75 Å². The molecule has 2 N–H and O–H groups in total. The molecule has 2 atom stereocenters. The summed E-state index contributed by atoms with van der Waals surface area (Å²) in [5.41, 5.74) is 1.13. The highest BCUT2D eigenvalue weighted by Crippen LogP contribution is 2.14. The van der Waals surface area contributed by atoms with Gasteiger partial charge in [0.05, 0.1) is 0 Å². The predicted molar refractivity (Wildman–Crippen MR) is 70.7 cm³/mol. The van der Waals surface area contributed by atoms with Gasteiger partial charge in [0.2, 0.25) is 0 Å². The minimum Gasteiger partial charge on any atom is -0.481 e. The SMILES string of the molecule is Cc1cccc(OC(C)C(=O)NC2CCNC2)c1. The second-order valence-corrected chi connectivity index (χ2v) is 4.77. The Kier molecular flexibility index (Phi) is 4.20. The van der Waals surface area contributed by atoms with Crippen molar-refractivity contribution in [3.63, 3.8) is 0 Å². The highest BCUT2D eigenvalue weighted by atomic mass is 16.5. The lowest BCUT2D eigenvalue weighted by atomic mass is 10.2.